The molecule has 1 saturated carbocycles. The third kappa shape index (κ3) is 1.31. The van der Waals surface area contributed by atoms with Crippen LogP contribution >= 0.6 is 15.9 Å². The predicted molar refractivity (Wildman–Crippen MR) is 46.6 cm³/mol. The fourth-order valence-corrected chi connectivity index (χ4v) is 2.12. The summed E-state index contributed by atoms with van der Waals surface area (Å²) >= 11 is 3.29. The van der Waals surface area contributed by atoms with Gasteiger partial charge in [-0.2, -0.15) is 0 Å². The van der Waals surface area contributed by atoms with Crippen LogP contribution in [0.25, 0.3) is 0 Å². The van der Waals surface area contributed by atoms with Crippen LogP contribution in [0.4, 0.5) is 0 Å². The van der Waals surface area contributed by atoms with Gasteiger partial charge in [-0.15, -0.1) is 0 Å². The van der Waals surface area contributed by atoms with Gasteiger partial charge in [0, 0.05) is 13.1 Å². The highest BCUT2D eigenvalue weighted by molar-refractivity contribution is 9.10. The molecule has 1 aliphatic carbocycles. The number of alkyl halides is 1. The number of hydrogen-bond donors (Lipinski definition) is 0. The smallest absolute Gasteiger partial charge is 0.236 e. The summed E-state index contributed by atoms with van der Waals surface area (Å²) in [5, 5.41) is 0. The summed E-state index contributed by atoms with van der Waals surface area (Å²) < 4.78 is 0. The molecule has 0 radical (unpaired) electrons. The molecule has 11 heavy (non-hydrogen) atoms. The molecule has 62 valence electrons. The van der Waals surface area contributed by atoms with E-state index in [9.17, 15) is 4.79 Å². The quantitative estimate of drug-likeness (QED) is 0.606. The minimum Gasteiger partial charge on any atom is -0.341 e. The Hall–Kier alpha value is -0.0500. The van der Waals surface area contributed by atoms with E-state index in [0.29, 0.717) is 0 Å². The summed E-state index contributed by atoms with van der Waals surface area (Å²) in [6.07, 6.45) is 1.36. The Balaban J connectivity index is 1.92. The van der Waals surface area contributed by atoms with Gasteiger partial charge in [-0.05, 0) is 25.2 Å². The standard InChI is InChI=1S/C8H12BrNO/c1-5(9)8(11)10-3-6-2-7(6)4-10/h5-7H,2-4H2,1H3. The summed E-state index contributed by atoms with van der Waals surface area (Å²) in [7, 11) is 0. The molecule has 1 heterocycles. The number of hydrogen-bond acceptors (Lipinski definition) is 1. The number of halogens is 1. The average molecular weight is 218 g/mol. The number of carbonyl (C=O) groups is 1. The van der Waals surface area contributed by atoms with Crippen LogP contribution in [0.2, 0.25) is 0 Å². The van der Waals surface area contributed by atoms with E-state index in [0.717, 1.165) is 24.9 Å². The highest BCUT2D eigenvalue weighted by Gasteiger charge is 2.46. The molecule has 3 unspecified atom stereocenters. The van der Waals surface area contributed by atoms with Crippen LogP contribution in [0.1, 0.15) is 13.3 Å². The van der Waals surface area contributed by atoms with Crippen molar-refractivity contribution in [2.24, 2.45) is 11.8 Å². The molecule has 3 heteroatoms. The molecule has 0 aromatic heterocycles. The zero-order valence-electron chi connectivity index (χ0n) is 6.59. The van der Waals surface area contributed by atoms with Crippen molar-refractivity contribution in [3.63, 3.8) is 0 Å². The number of fused-ring (bicyclic) bond motifs is 1. The van der Waals surface area contributed by atoms with Crippen molar-refractivity contribution in [3.05, 3.63) is 0 Å². The Kier molecular flexibility index (Phi) is 1.71. The largest absolute Gasteiger partial charge is 0.341 e. The van der Waals surface area contributed by atoms with Crippen molar-refractivity contribution >= 4 is 21.8 Å². The lowest BCUT2D eigenvalue weighted by Gasteiger charge is -2.18. The third-order valence-electron chi connectivity index (χ3n) is 2.63. The van der Waals surface area contributed by atoms with Crippen molar-refractivity contribution in [2.75, 3.05) is 13.1 Å². The van der Waals surface area contributed by atoms with Gasteiger partial charge < -0.3 is 4.90 Å². The third-order valence-corrected chi connectivity index (χ3v) is 3.02. The zero-order valence-corrected chi connectivity index (χ0v) is 8.17. The van der Waals surface area contributed by atoms with Crippen molar-refractivity contribution in [3.8, 4) is 0 Å². The molecule has 2 fully saturated rings. The van der Waals surface area contributed by atoms with E-state index in [1.165, 1.54) is 6.42 Å². The van der Waals surface area contributed by atoms with Crippen LogP contribution in [0.5, 0.6) is 0 Å². The number of rotatable bonds is 1. The van der Waals surface area contributed by atoms with Crippen molar-refractivity contribution in [2.45, 2.75) is 18.2 Å². The molecular formula is C8H12BrNO. The molecular weight excluding hydrogens is 206 g/mol. The zero-order chi connectivity index (χ0) is 8.01. The van der Waals surface area contributed by atoms with Gasteiger partial charge >= 0.3 is 0 Å². The van der Waals surface area contributed by atoms with Gasteiger partial charge in [-0.1, -0.05) is 15.9 Å². The van der Waals surface area contributed by atoms with Crippen LogP contribution in [0.15, 0.2) is 0 Å². The normalized spacial score (nSPS) is 36.7. The molecule has 0 aromatic carbocycles. The van der Waals surface area contributed by atoms with E-state index in [-0.39, 0.29) is 10.7 Å². The van der Waals surface area contributed by atoms with Gasteiger partial charge in [-0.25, -0.2) is 0 Å². The van der Waals surface area contributed by atoms with Crippen molar-refractivity contribution in [1.29, 1.82) is 0 Å². The van der Waals surface area contributed by atoms with Gasteiger partial charge in [0.25, 0.3) is 0 Å². The van der Waals surface area contributed by atoms with Crippen molar-refractivity contribution in [1.82, 2.24) is 4.90 Å². The number of likely N-dealkylation sites (tertiary alicyclic amines) is 1. The van der Waals surface area contributed by atoms with E-state index < -0.39 is 0 Å². The Morgan fingerprint density at radius 3 is 2.55 bits per heavy atom. The van der Waals surface area contributed by atoms with Crippen LogP contribution < -0.4 is 0 Å². The first-order chi connectivity index (χ1) is 5.18. The van der Waals surface area contributed by atoms with Gasteiger partial charge in [0.2, 0.25) is 5.91 Å². The minimum absolute atomic E-state index is 0.000000000000000222. The summed E-state index contributed by atoms with van der Waals surface area (Å²) in [5.74, 6) is 1.97. The van der Waals surface area contributed by atoms with Gasteiger partial charge in [0.1, 0.15) is 0 Å². The maximum atomic E-state index is 11.4. The van der Waals surface area contributed by atoms with Crippen LogP contribution in [0.3, 0.4) is 0 Å². The first kappa shape index (κ1) is 7.59. The second-order valence-electron chi connectivity index (χ2n) is 3.62. The van der Waals surface area contributed by atoms with Crippen LogP contribution in [0, 0.1) is 11.8 Å². The average Bonchev–Trinajstić information content (AvgIpc) is 2.57. The highest BCUT2D eigenvalue weighted by atomic mass is 79.9. The van der Waals surface area contributed by atoms with Crippen molar-refractivity contribution < 1.29 is 4.79 Å². The molecule has 2 nitrogen and oxygen atoms in total. The monoisotopic (exact) mass is 217 g/mol. The first-order valence-electron chi connectivity index (χ1n) is 4.11. The summed E-state index contributed by atoms with van der Waals surface area (Å²) in [6.45, 7) is 3.92. The Morgan fingerprint density at radius 2 is 2.09 bits per heavy atom. The maximum Gasteiger partial charge on any atom is 0.236 e. The number of nitrogens with zero attached hydrogens (tertiary/aromatic N) is 1. The van der Waals surface area contributed by atoms with Crippen LogP contribution in [-0.4, -0.2) is 28.7 Å². The van der Waals surface area contributed by atoms with E-state index in [1.54, 1.807) is 0 Å². The second kappa shape index (κ2) is 2.47. The molecule has 1 aliphatic heterocycles. The number of amides is 1. The molecule has 2 rings (SSSR count). The molecule has 0 N–H and O–H groups in total. The fraction of sp³-hybridized carbons (Fsp3) is 0.875. The van der Waals surface area contributed by atoms with E-state index >= 15 is 0 Å². The highest BCUT2D eigenvalue weighted by Crippen LogP contribution is 2.45. The van der Waals surface area contributed by atoms with E-state index in [1.807, 2.05) is 11.8 Å². The summed E-state index contributed by atoms with van der Waals surface area (Å²) in [4.78, 5) is 13.4. The predicted octanol–water partition coefficient (Wildman–Crippen LogP) is 1.25. The molecule has 3 atom stereocenters. The van der Waals surface area contributed by atoms with E-state index in [4.69, 9.17) is 0 Å². The fourth-order valence-electron chi connectivity index (χ4n) is 1.83. The molecule has 1 saturated heterocycles. The molecule has 0 aromatic rings. The SMILES string of the molecule is CC(Br)C(=O)N1CC2CC2C1. The molecule has 0 spiro atoms. The molecule has 1 amide bonds. The lowest BCUT2D eigenvalue weighted by atomic mass is 10.3. The Labute approximate surface area is 75.1 Å². The molecule has 2 aliphatic rings. The first-order valence-corrected chi connectivity index (χ1v) is 5.03. The van der Waals surface area contributed by atoms with Gasteiger partial charge in [0.15, 0.2) is 0 Å². The Morgan fingerprint density at radius 1 is 1.55 bits per heavy atom. The lowest BCUT2D eigenvalue weighted by molar-refractivity contribution is -0.129. The molecule has 0 bridgehead atoms. The van der Waals surface area contributed by atoms with E-state index in [2.05, 4.69) is 15.9 Å². The topological polar surface area (TPSA) is 20.3 Å². The Bertz CT molecular complexity index is 183. The van der Waals surface area contributed by atoms with Gasteiger partial charge in [0.05, 0.1) is 4.83 Å². The van der Waals surface area contributed by atoms with Crippen LogP contribution in [-0.2, 0) is 4.79 Å². The van der Waals surface area contributed by atoms with Gasteiger partial charge in [-0.3, -0.25) is 4.79 Å². The minimum atomic E-state index is -0.000000000000000222. The number of carbonyl (C=O) groups excluding carboxylic acids is 1. The maximum absolute atomic E-state index is 11.4. The summed E-state index contributed by atoms with van der Waals surface area (Å²) in [6, 6.07) is 0. The second-order valence-corrected chi connectivity index (χ2v) is 4.99. The summed E-state index contributed by atoms with van der Waals surface area (Å²) in [5.41, 5.74) is 0. The lowest BCUT2D eigenvalue weighted by Crippen LogP contribution is -2.34. The number of piperidine rings is 1.